The van der Waals surface area contributed by atoms with Crippen LogP contribution in [0.4, 0.5) is 0 Å². The summed E-state index contributed by atoms with van der Waals surface area (Å²) in [5.74, 6) is 2.40. The summed E-state index contributed by atoms with van der Waals surface area (Å²) in [6.07, 6.45) is 2.57. The van der Waals surface area contributed by atoms with Crippen molar-refractivity contribution in [2.75, 3.05) is 40.4 Å². The lowest BCUT2D eigenvalue weighted by atomic mass is 10.2. The first-order valence-corrected chi connectivity index (χ1v) is 11.1. The van der Waals surface area contributed by atoms with E-state index in [0.29, 0.717) is 12.6 Å². The number of halogens is 1. The van der Waals surface area contributed by atoms with E-state index in [1.165, 1.54) is 30.8 Å². The molecule has 2 heterocycles. The second kappa shape index (κ2) is 13.0. The van der Waals surface area contributed by atoms with Crippen molar-refractivity contribution in [2.24, 2.45) is 4.99 Å². The Morgan fingerprint density at radius 1 is 1.17 bits per heavy atom. The van der Waals surface area contributed by atoms with E-state index in [1.807, 2.05) is 29.5 Å². The van der Waals surface area contributed by atoms with Crippen LogP contribution in [0.15, 0.2) is 40.7 Å². The average molecular weight is 545 g/mol. The van der Waals surface area contributed by atoms with Crippen LogP contribution in [0.1, 0.15) is 36.2 Å². The molecule has 2 N–H and O–H groups in total. The minimum absolute atomic E-state index is 0. The number of rotatable bonds is 9. The van der Waals surface area contributed by atoms with Gasteiger partial charge in [0.1, 0.15) is 11.5 Å². The van der Waals surface area contributed by atoms with Crippen molar-refractivity contribution >= 4 is 41.3 Å². The zero-order valence-electron chi connectivity index (χ0n) is 18.0. The van der Waals surface area contributed by atoms with E-state index in [9.17, 15) is 0 Å². The number of methoxy groups -OCH3 is 2. The van der Waals surface area contributed by atoms with Gasteiger partial charge in [-0.25, -0.2) is 4.99 Å². The Kier molecular flexibility index (Phi) is 10.7. The Bertz CT molecular complexity index is 779. The summed E-state index contributed by atoms with van der Waals surface area (Å²) in [6, 6.07) is 10.6. The van der Waals surface area contributed by atoms with Crippen molar-refractivity contribution in [3.05, 3.63) is 46.2 Å². The first-order valence-electron chi connectivity index (χ1n) is 10.3. The first-order chi connectivity index (χ1) is 14.2. The van der Waals surface area contributed by atoms with E-state index < -0.39 is 0 Å². The molecular formula is C22H33IN4O2S. The van der Waals surface area contributed by atoms with Crippen LogP contribution in [0.3, 0.4) is 0 Å². The molecule has 0 amide bonds. The summed E-state index contributed by atoms with van der Waals surface area (Å²) in [6.45, 7) is 6.62. The van der Waals surface area contributed by atoms with Gasteiger partial charge in [0.2, 0.25) is 0 Å². The van der Waals surface area contributed by atoms with Crippen LogP contribution >= 0.6 is 35.3 Å². The number of hydrogen-bond acceptors (Lipinski definition) is 5. The Morgan fingerprint density at radius 2 is 1.97 bits per heavy atom. The molecule has 1 unspecified atom stereocenters. The summed E-state index contributed by atoms with van der Waals surface area (Å²) < 4.78 is 10.8. The van der Waals surface area contributed by atoms with Gasteiger partial charge in [0, 0.05) is 29.6 Å². The van der Waals surface area contributed by atoms with Crippen molar-refractivity contribution in [1.29, 1.82) is 0 Å². The second-order valence-corrected chi connectivity index (χ2v) is 8.01. The van der Waals surface area contributed by atoms with Crippen molar-refractivity contribution in [2.45, 2.75) is 32.4 Å². The van der Waals surface area contributed by atoms with E-state index >= 15 is 0 Å². The van der Waals surface area contributed by atoms with Gasteiger partial charge in [0.15, 0.2) is 5.96 Å². The molecule has 1 aromatic heterocycles. The molecule has 1 aliphatic rings. The molecule has 1 fully saturated rings. The largest absolute Gasteiger partial charge is 0.497 e. The molecule has 1 saturated heterocycles. The molecule has 3 rings (SSSR count). The zero-order chi connectivity index (χ0) is 20.5. The zero-order valence-corrected chi connectivity index (χ0v) is 21.2. The Morgan fingerprint density at radius 3 is 2.60 bits per heavy atom. The number of likely N-dealkylation sites (tertiary alicyclic amines) is 1. The SMILES string of the molecule is CCNC(=NCc1ccc(OC)cc1OC)NCC(c1cccs1)N1CCCC1.I. The number of aliphatic imine (C=N–C) groups is 1. The van der Waals surface area contributed by atoms with Crippen molar-refractivity contribution in [3.63, 3.8) is 0 Å². The summed E-state index contributed by atoms with van der Waals surface area (Å²) in [5, 5.41) is 9.08. The van der Waals surface area contributed by atoms with Gasteiger partial charge in [-0.3, -0.25) is 4.90 Å². The van der Waals surface area contributed by atoms with E-state index in [4.69, 9.17) is 14.5 Å². The first kappa shape index (κ1) is 24.7. The fourth-order valence-electron chi connectivity index (χ4n) is 3.63. The highest BCUT2D eigenvalue weighted by molar-refractivity contribution is 14.0. The lowest BCUT2D eigenvalue weighted by Gasteiger charge is -2.27. The summed E-state index contributed by atoms with van der Waals surface area (Å²) in [7, 11) is 3.33. The highest BCUT2D eigenvalue weighted by Gasteiger charge is 2.24. The Hall–Kier alpha value is -1.52. The predicted molar refractivity (Wildman–Crippen MR) is 136 cm³/mol. The number of hydrogen-bond donors (Lipinski definition) is 2. The minimum atomic E-state index is 0. The number of guanidine groups is 1. The fourth-order valence-corrected chi connectivity index (χ4v) is 4.49. The molecule has 0 spiro atoms. The minimum Gasteiger partial charge on any atom is -0.497 e. The average Bonchev–Trinajstić information content (AvgIpc) is 3.47. The molecule has 0 radical (unpaired) electrons. The van der Waals surface area contributed by atoms with E-state index in [-0.39, 0.29) is 24.0 Å². The molecule has 0 saturated carbocycles. The van der Waals surface area contributed by atoms with Crippen LogP contribution in [0.25, 0.3) is 0 Å². The van der Waals surface area contributed by atoms with Crippen LogP contribution in [-0.2, 0) is 6.54 Å². The van der Waals surface area contributed by atoms with Gasteiger partial charge in [0.25, 0.3) is 0 Å². The number of benzene rings is 1. The van der Waals surface area contributed by atoms with Gasteiger partial charge in [-0.05, 0) is 56.4 Å². The molecule has 2 aromatic rings. The van der Waals surface area contributed by atoms with Crippen molar-refractivity contribution < 1.29 is 9.47 Å². The van der Waals surface area contributed by atoms with E-state index in [2.05, 4.69) is 40.0 Å². The normalized spacial score (nSPS) is 15.4. The maximum absolute atomic E-state index is 5.50. The third-order valence-electron chi connectivity index (χ3n) is 5.16. The quantitative estimate of drug-likeness (QED) is 0.281. The molecule has 166 valence electrons. The molecule has 30 heavy (non-hydrogen) atoms. The molecule has 6 nitrogen and oxygen atoms in total. The summed E-state index contributed by atoms with van der Waals surface area (Å²) in [4.78, 5) is 8.77. The van der Waals surface area contributed by atoms with Crippen LogP contribution in [-0.4, -0.2) is 51.3 Å². The molecule has 1 aliphatic heterocycles. The molecule has 8 heteroatoms. The van der Waals surface area contributed by atoms with Crippen molar-refractivity contribution in [1.82, 2.24) is 15.5 Å². The third-order valence-corrected chi connectivity index (χ3v) is 6.14. The maximum atomic E-state index is 5.50. The van der Waals surface area contributed by atoms with Crippen molar-refractivity contribution in [3.8, 4) is 11.5 Å². The highest BCUT2D eigenvalue weighted by atomic mass is 127. The number of thiophene rings is 1. The molecule has 1 atom stereocenters. The van der Waals surface area contributed by atoms with Crippen LogP contribution in [0.2, 0.25) is 0 Å². The smallest absolute Gasteiger partial charge is 0.191 e. The predicted octanol–water partition coefficient (Wildman–Crippen LogP) is 4.28. The van der Waals surface area contributed by atoms with Crippen LogP contribution < -0.4 is 20.1 Å². The van der Waals surface area contributed by atoms with Crippen LogP contribution in [0.5, 0.6) is 11.5 Å². The third kappa shape index (κ3) is 6.75. The van der Waals surface area contributed by atoms with Gasteiger partial charge in [0.05, 0.1) is 26.8 Å². The number of nitrogens with one attached hydrogen (secondary N) is 2. The number of nitrogens with zero attached hydrogens (tertiary/aromatic N) is 2. The number of ether oxygens (including phenoxy) is 2. The van der Waals surface area contributed by atoms with Gasteiger partial charge in [-0.1, -0.05) is 6.07 Å². The summed E-state index contributed by atoms with van der Waals surface area (Å²) in [5.41, 5.74) is 1.03. The van der Waals surface area contributed by atoms with E-state index in [0.717, 1.165) is 36.1 Å². The monoisotopic (exact) mass is 544 g/mol. The Balaban J connectivity index is 0.00000320. The highest BCUT2D eigenvalue weighted by Crippen LogP contribution is 2.28. The maximum Gasteiger partial charge on any atom is 0.191 e. The fraction of sp³-hybridized carbons (Fsp3) is 0.500. The lowest BCUT2D eigenvalue weighted by molar-refractivity contribution is 0.249. The van der Waals surface area contributed by atoms with Gasteiger partial charge in [-0.2, -0.15) is 0 Å². The Labute approximate surface area is 201 Å². The molecule has 1 aromatic carbocycles. The molecular weight excluding hydrogens is 511 g/mol. The lowest BCUT2D eigenvalue weighted by Crippen LogP contribution is -2.42. The second-order valence-electron chi connectivity index (χ2n) is 7.03. The molecule has 0 aliphatic carbocycles. The topological polar surface area (TPSA) is 58.1 Å². The van der Waals surface area contributed by atoms with Gasteiger partial charge >= 0.3 is 0 Å². The molecule has 0 bridgehead atoms. The van der Waals surface area contributed by atoms with Crippen LogP contribution in [0, 0.1) is 0 Å². The standard InChI is InChI=1S/C22H32N4O2S.HI/c1-4-23-22(24-15-17-9-10-18(27-2)14-20(17)28-3)25-16-19(21-8-7-13-29-21)26-11-5-6-12-26;/h7-10,13-14,19H,4-6,11-12,15-16H2,1-3H3,(H2,23,24,25);1H. The van der Waals surface area contributed by atoms with Gasteiger partial charge < -0.3 is 20.1 Å². The summed E-state index contributed by atoms with van der Waals surface area (Å²) >= 11 is 1.83. The van der Waals surface area contributed by atoms with Gasteiger partial charge in [-0.15, -0.1) is 35.3 Å². The van der Waals surface area contributed by atoms with E-state index in [1.54, 1.807) is 14.2 Å².